The van der Waals surface area contributed by atoms with Crippen LogP contribution in [-0.2, 0) is 14.6 Å². The number of aromatic nitrogens is 2. The van der Waals surface area contributed by atoms with Crippen LogP contribution in [0.3, 0.4) is 0 Å². The first-order valence-corrected chi connectivity index (χ1v) is 10.3. The number of hydrogen-bond donors (Lipinski definition) is 1. The van der Waals surface area contributed by atoms with Crippen LogP contribution in [0, 0.1) is 0 Å². The van der Waals surface area contributed by atoms with Crippen molar-refractivity contribution in [1.82, 2.24) is 15.1 Å². The molecular formula is C16H25N3O3S. The van der Waals surface area contributed by atoms with Crippen molar-refractivity contribution < 1.29 is 13.2 Å². The Labute approximate surface area is 137 Å². The van der Waals surface area contributed by atoms with Crippen molar-refractivity contribution >= 4 is 15.7 Å². The van der Waals surface area contributed by atoms with E-state index < -0.39 is 9.84 Å². The maximum atomic E-state index is 12.4. The van der Waals surface area contributed by atoms with Crippen molar-refractivity contribution in [3.8, 4) is 0 Å². The van der Waals surface area contributed by atoms with E-state index in [1.165, 1.54) is 0 Å². The molecule has 0 aromatic carbocycles. The van der Waals surface area contributed by atoms with Gasteiger partial charge in [0.15, 0.2) is 9.84 Å². The molecule has 1 saturated carbocycles. The molecule has 2 fully saturated rings. The highest BCUT2D eigenvalue weighted by molar-refractivity contribution is 7.92. The van der Waals surface area contributed by atoms with Crippen LogP contribution >= 0.6 is 0 Å². The van der Waals surface area contributed by atoms with Crippen molar-refractivity contribution in [2.75, 3.05) is 18.8 Å². The van der Waals surface area contributed by atoms with Gasteiger partial charge in [0.05, 0.1) is 11.0 Å². The highest BCUT2D eigenvalue weighted by Gasteiger charge is 2.31. The summed E-state index contributed by atoms with van der Waals surface area (Å²) in [5.74, 6) is 0.249. The fraction of sp³-hybridized carbons (Fsp3) is 0.750. The van der Waals surface area contributed by atoms with E-state index >= 15 is 0 Å². The number of carbonyl (C=O) groups is 1. The molecule has 0 radical (unpaired) electrons. The van der Waals surface area contributed by atoms with E-state index in [1.807, 2.05) is 11.0 Å². The van der Waals surface area contributed by atoms with Gasteiger partial charge < -0.3 is 4.90 Å². The van der Waals surface area contributed by atoms with Gasteiger partial charge in [-0.2, -0.15) is 5.10 Å². The molecule has 1 aromatic heterocycles. The monoisotopic (exact) mass is 339 g/mol. The summed E-state index contributed by atoms with van der Waals surface area (Å²) < 4.78 is 24.6. The van der Waals surface area contributed by atoms with Gasteiger partial charge in [-0.1, -0.05) is 12.8 Å². The number of aromatic amines is 1. The lowest BCUT2D eigenvalue weighted by atomic mass is 9.95. The van der Waals surface area contributed by atoms with Crippen LogP contribution in [0.4, 0.5) is 0 Å². The van der Waals surface area contributed by atoms with Crippen LogP contribution in [0.5, 0.6) is 0 Å². The summed E-state index contributed by atoms with van der Waals surface area (Å²) >= 11 is 0. The number of piperidine rings is 1. The maximum Gasteiger partial charge on any atom is 0.223 e. The van der Waals surface area contributed by atoms with Crippen LogP contribution < -0.4 is 0 Å². The molecule has 1 aliphatic heterocycles. The second-order valence-corrected chi connectivity index (χ2v) is 9.11. The van der Waals surface area contributed by atoms with Gasteiger partial charge in [-0.15, -0.1) is 0 Å². The number of sulfone groups is 1. The van der Waals surface area contributed by atoms with Crippen LogP contribution in [0.2, 0.25) is 0 Å². The first-order valence-electron chi connectivity index (χ1n) is 8.55. The van der Waals surface area contributed by atoms with Gasteiger partial charge in [0.2, 0.25) is 5.91 Å². The molecule has 0 spiro atoms. The third-order valence-corrected chi connectivity index (χ3v) is 7.41. The minimum atomic E-state index is -3.11. The summed E-state index contributed by atoms with van der Waals surface area (Å²) in [6.45, 7) is 1.39. The SMILES string of the molecule is O=C(CCS(=O)(=O)C1CCCC1)N1CCCC(c2ccn[nH]2)C1. The molecular weight excluding hydrogens is 314 g/mol. The molecule has 7 heteroatoms. The van der Waals surface area contributed by atoms with Crippen molar-refractivity contribution in [2.45, 2.75) is 56.1 Å². The zero-order chi connectivity index (χ0) is 16.3. The molecule has 1 saturated heterocycles. The lowest BCUT2D eigenvalue weighted by molar-refractivity contribution is -0.132. The van der Waals surface area contributed by atoms with E-state index in [4.69, 9.17) is 0 Å². The van der Waals surface area contributed by atoms with E-state index in [0.29, 0.717) is 6.54 Å². The van der Waals surface area contributed by atoms with E-state index in [0.717, 1.165) is 50.8 Å². The predicted molar refractivity (Wildman–Crippen MR) is 87.8 cm³/mol. The second kappa shape index (κ2) is 7.03. The van der Waals surface area contributed by atoms with Gasteiger partial charge in [-0.25, -0.2) is 8.42 Å². The minimum absolute atomic E-state index is 0.00171. The average Bonchev–Trinajstić information content (AvgIpc) is 3.25. The van der Waals surface area contributed by atoms with Gasteiger partial charge in [-0.05, 0) is 31.7 Å². The topological polar surface area (TPSA) is 83.1 Å². The highest BCUT2D eigenvalue weighted by atomic mass is 32.2. The van der Waals surface area contributed by atoms with E-state index in [1.54, 1.807) is 6.20 Å². The zero-order valence-electron chi connectivity index (χ0n) is 13.4. The standard InChI is InChI=1S/C16H25N3O3S/c20-16(8-11-23(21,22)14-5-1-2-6-14)19-10-3-4-13(12-19)15-7-9-17-18-15/h7,9,13-14H,1-6,8,10-12H2,(H,17,18). The first kappa shape index (κ1) is 16.5. The maximum absolute atomic E-state index is 12.4. The van der Waals surface area contributed by atoms with E-state index in [9.17, 15) is 13.2 Å². The Bertz CT molecular complexity index is 621. The van der Waals surface area contributed by atoms with E-state index in [2.05, 4.69) is 10.2 Å². The van der Waals surface area contributed by atoms with Gasteiger partial charge >= 0.3 is 0 Å². The number of likely N-dealkylation sites (tertiary alicyclic amines) is 1. The molecule has 1 N–H and O–H groups in total. The molecule has 2 heterocycles. The Morgan fingerprint density at radius 2 is 2.04 bits per heavy atom. The van der Waals surface area contributed by atoms with Gasteiger partial charge in [0, 0.05) is 37.3 Å². The fourth-order valence-corrected chi connectivity index (χ4v) is 5.60. The molecule has 1 aromatic rings. The van der Waals surface area contributed by atoms with Crippen LogP contribution in [-0.4, -0.2) is 53.5 Å². The summed E-state index contributed by atoms with van der Waals surface area (Å²) in [5, 5.41) is 6.73. The lowest BCUT2D eigenvalue weighted by Crippen LogP contribution is -2.40. The molecule has 1 atom stereocenters. The van der Waals surface area contributed by atoms with Crippen molar-refractivity contribution in [2.24, 2.45) is 0 Å². The summed E-state index contributed by atoms with van der Waals surface area (Å²) in [6, 6.07) is 1.95. The van der Waals surface area contributed by atoms with Gasteiger partial charge in [0.25, 0.3) is 0 Å². The van der Waals surface area contributed by atoms with Gasteiger partial charge in [-0.3, -0.25) is 9.89 Å². The Hall–Kier alpha value is -1.37. The lowest BCUT2D eigenvalue weighted by Gasteiger charge is -2.32. The van der Waals surface area contributed by atoms with Crippen LogP contribution in [0.25, 0.3) is 0 Å². The largest absolute Gasteiger partial charge is 0.342 e. The molecule has 3 rings (SSSR count). The predicted octanol–water partition coefficient (Wildman–Crippen LogP) is 1.86. The number of nitrogens with zero attached hydrogens (tertiary/aromatic N) is 2. The Kier molecular flexibility index (Phi) is 5.04. The number of carbonyl (C=O) groups excluding carboxylic acids is 1. The molecule has 1 unspecified atom stereocenters. The third-order valence-electron chi connectivity index (χ3n) is 5.15. The summed E-state index contributed by atoms with van der Waals surface area (Å²) in [5.41, 5.74) is 1.06. The fourth-order valence-electron chi connectivity index (χ4n) is 3.75. The summed E-state index contributed by atoms with van der Waals surface area (Å²) in [6.07, 6.45) is 7.35. The van der Waals surface area contributed by atoms with E-state index in [-0.39, 0.29) is 29.2 Å². The molecule has 23 heavy (non-hydrogen) atoms. The van der Waals surface area contributed by atoms with Crippen LogP contribution in [0.1, 0.15) is 56.6 Å². The number of hydrogen-bond acceptors (Lipinski definition) is 4. The number of nitrogens with one attached hydrogen (secondary N) is 1. The quantitative estimate of drug-likeness (QED) is 0.887. The highest BCUT2D eigenvalue weighted by Crippen LogP contribution is 2.27. The molecule has 128 valence electrons. The van der Waals surface area contributed by atoms with Crippen molar-refractivity contribution in [3.63, 3.8) is 0 Å². The molecule has 1 amide bonds. The molecule has 6 nitrogen and oxygen atoms in total. The minimum Gasteiger partial charge on any atom is -0.342 e. The van der Waals surface area contributed by atoms with Crippen LogP contribution in [0.15, 0.2) is 12.3 Å². The number of rotatable bonds is 5. The number of H-pyrrole nitrogens is 1. The smallest absolute Gasteiger partial charge is 0.223 e. The summed E-state index contributed by atoms with van der Waals surface area (Å²) in [7, 11) is -3.11. The molecule has 0 bridgehead atoms. The normalized spacial score (nSPS) is 23.3. The Morgan fingerprint density at radius 3 is 2.74 bits per heavy atom. The number of amides is 1. The van der Waals surface area contributed by atoms with Crippen molar-refractivity contribution in [1.29, 1.82) is 0 Å². The zero-order valence-corrected chi connectivity index (χ0v) is 14.2. The second-order valence-electron chi connectivity index (χ2n) is 6.71. The third kappa shape index (κ3) is 3.94. The van der Waals surface area contributed by atoms with Gasteiger partial charge in [0.1, 0.15) is 0 Å². The first-order chi connectivity index (χ1) is 11.1. The molecule has 1 aliphatic carbocycles. The molecule has 2 aliphatic rings. The average molecular weight is 339 g/mol. The Morgan fingerprint density at radius 1 is 1.26 bits per heavy atom. The Balaban J connectivity index is 1.53. The van der Waals surface area contributed by atoms with Crippen molar-refractivity contribution in [3.05, 3.63) is 18.0 Å². The summed E-state index contributed by atoms with van der Waals surface area (Å²) in [4.78, 5) is 14.2.